The van der Waals surface area contributed by atoms with Gasteiger partial charge in [0.15, 0.2) is 0 Å². The third-order valence-electron chi connectivity index (χ3n) is 3.69. The molecule has 0 saturated heterocycles. The van der Waals surface area contributed by atoms with Gasteiger partial charge in [-0.2, -0.15) is 0 Å². The van der Waals surface area contributed by atoms with Crippen LogP contribution in [0.4, 0.5) is 11.4 Å². The van der Waals surface area contributed by atoms with E-state index in [1.54, 1.807) is 42.5 Å². The maximum atomic E-state index is 12.4. The molecular formula is C20H12Cl4N2O2. The molecule has 3 rings (SSSR count). The van der Waals surface area contributed by atoms with E-state index < -0.39 is 0 Å². The van der Waals surface area contributed by atoms with Crippen LogP contribution in [0.1, 0.15) is 15.9 Å². The topological polar surface area (TPSA) is 61.7 Å². The van der Waals surface area contributed by atoms with Crippen LogP contribution in [0.3, 0.4) is 0 Å². The average Bonchev–Trinajstić information content (AvgIpc) is 2.63. The number of carbonyl (C=O) groups excluding carboxylic acids is 1. The van der Waals surface area contributed by atoms with Crippen LogP contribution in [0, 0.1) is 0 Å². The zero-order valence-corrected chi connectivity index (χ0v) is 17.1. The molecule has 0 aliphatic rings. The molecule has 8 heteroatoms. The largest absolute Gasteiger partial charge is 0.506 e. The zero-order chi connectivity index (χ0) is 20.3. The number of aliphatic imine (C=N–C) groups is 1. The van der Waals surface area contributed by atoms with E-state index in [0.29, 0.717) is 32.5 Å². The van der Waals surface area contributed by atoms with Crippen molar-refractivity contribution in [2.75, 3.05) is 5.32 Å². The Balaban J connectivity index is 1.80. The highest BCUT2D eigenvalue weighted by molar-refractivity contribution is 6.37. The summed E-state index contributed by atoms with van der Waals surface area (Å²) in [6, 6.07) is 14.5. The van der Waals surface area contributed by atoms with Crippen LogP contribution < -0.4 is 5.32 Å². The molecule has 28 heavy (non-hydrogen) atoms. The first-order valence-corrected chi connectivity index (χ1v) is 9.43. The molecule has 0 spiro atoms. The molecule has 0 aliphatic heterocycles. The van der Waals surface area contributed by atoms with E-state index >= 15 is 0 Å². The fourth-order valence-electron chi connectivity index (χ4n) is 2.36. The van der Waals surface area contributed by atoms with Crippen LogP contribution in [-0.2, 0) is 0 Å². The van der Waals surface area contributed by atoms with Crippen molar-refractivity contribution in [3.05, 3.63) is 85.8 Å². The summed E-state index contributed by atoms with van der Waals surface area (Å²) < 4.78 is 0. The van der Waals surface area contributed by atoms with Crippen molar-refractivity contribution in [1.82, 2.24) is 0 Å². The Kier molecular flexibility index (Phi) is 6.47. The number of halogens is 4. The quantitative estimate of drug-likeness (QED) is 0.417. The summed E-state index contributed by atoms with van der Waals surface area (Å²) in [5.41, 5.74) is 1.76. The molecule has 0 atom stereocenters. The van der Waals surface area contributed by atoms with Crippen molar-refractivity contribution in [3.8, 4) is 5.75 Å². The SMILES string of the molecule is O=C(Nc1cccc(/N=C/c2cc(Cl)cc(Cl)c2O)c1)c1ccc(Cl)cc1Cl. The third kappa shape index (κ3) is 4.97. The molecule has 142 valence electrons. The second-order valence-electron chi connectivity index (χ2n) is 5.71. The van der Waals surface area contributed by atoms with Crippen molar-refractivity contribution in [2.45, 2.75) is 0 Å². The lowest BCUT2D eigenvalue weighted by Crippen LogP contribution is -2.12. The van der Waals surface area contributed by atoms with Gasteiger partial charge in [-0.15, -0.1) is 0 Å². The molecule has 0 aliphatic carbocycles. The molecule has 0 aromatic heterocycles. The number of nitrogens with one attached hydrogen (secondary N) is 1. The van der Waals surface area contributed by atoms with Gasteiger partial charge in [0.05, 0.1) is 21.3 Å². The number of hydrogen-bond acceptors (Lipinski definition) is 3. The predicted octanol–water partition coefficient (Wildman–Crippen LogP) is 7.01. The molecule has 0 fully saturated rings. The summed E-state index contributed by atoms with van der Waals surface area (Å²) in [7, 11) is 0. The van der Waals surface area contributed by atoms with Gasteiger partial charge in [-0.25, -0.2) is 0 Å². The highest BCUT2D eigenvalue weighted by Gasteiger charge is 2.11. The highest BCUT2D eigenvalue weighted by Crippen LogP contribution is 2.30. The Morgan fingerprint density at radius 2 is 1.68 bits per heavy atom. The minimum absolute atomic E-state index is 0.114. The molecular weight excluding hydrogens is 442 g/mol. The fraction of sp³-hybridized carbons (Fsp3) is 0. The minimum Gasteiger partial charge on any atom is -0.506 e. The Morgan fingerprint density at radius 1 is 0.929 bits per heavy atom. The lowest BCUT2D eigenvalue weighted by Gasteiger charge is -2.08. The number of amides is 1. The molecule has 3 aromatic rings. The smallest absolute Gasteiger partial charge is 0.257 e. The van der Waals surface area contributed by atoms with E-state index in [-0.39, 0.29) is 21.7 Å². The van der Waals surface area contributed by atoms with Crippen LogP contribution in [0.15, 0.2) is 59.6 Å². The number of nitrogens with zero attached hydrogens (tertiary/aromatic N) is 1. The van der Waals surface area contributed by atoms with E-state index in [1.807, 2.05) is 0 Å². The molecule has 0 radical (unpaired) electrons. The minimum atomic E-state index is -0.373. The summed E-state index contributed by atoms with van der Waals surface area (Å²) in [5.74, 6) is -0.487. The predicted molar refractivity (Wildman–Crippen MR) is 116 cm³/mol. The van der Waals surface area contributed by atoms with Gasteiger partial charge >= 0.3 is 0 Å². The Labute approximate surface area is 181 Å². The van der Waals surface area contributed by atoms with Gasteiger partial charge in [0.1, 0.15) is 5.75 Å². The van der Waals surface area contributed by atoms with Gasteiger partial charge in [0, 0.05) is 27.5 Å². The molecule has 4 nitrogen and oxygen atoms in total. The molecule has 1 amide bonds. The number of carbonyl (C=O) groups is 1. The van der Waals surface area contributed by atoms with Crippen LogP contribution in [-0.4, -0.2) is 17.2 Å². The number of hydrogen-bond donors (Lipinski definition) is 2. The monoisotopic (exact) mass is 452 g/mol. The first kappa shape index (κ1) is 20.5. The van der Waals surface area contributed by atoms with Gasteiger partial charge in [0.2, 0.25) is 0 Å². The first-order valence-electron chi connectivity index (χ1n) is 7.92. The summed E-state index contributed by atoms with van der Waals surface area (Å²) in [6.45, 7) is 0. The highest BCUT2D eigenvalue weighted by atomic mass is 35.5. The number of benzene rings is 3. The Hall–Kier alpha value is -2.24. The van der Waals surface area contributed by atoms with E-state index in [4.69, 9.17) is 46.4 Å². The van der Waals surface area contributed by atoms with Crippen LogP contribution in [0.5, 0.6) is 5.75 Å². The second kappa shape index (κ2) is 8.84. The maximum Gasteiger partial charge on any atom is 0.257 e. The molecule has 0 heterocycles. The number of anilines is 1. The summed E-state index contributed by atoms with van der Waals surface area (Å²) in [6.07, 6.45) is 1.43. The van der Waals surface area contributed by atoms with Crippen molar-refractivity contribution in [1.29, 1.82) is 0 Å². The molecule has 0 saturated carbocycles. The van der Waals surface area contributed by atoms with Gasteiger partial charge < -0.3 is 10.4 Å². The van der Waals surface area contributed by atoms with Crippen LogP contribution in [0.2, 0.25) is 20.1 Å². The summed E-state index contributed by atoms with van der Waals surface area (Å²) >= 11 is 23.8. The Morgan fingerprint density at radius 3 is 2.43 bits per heavy atom. The van der Waals surface area contributed by atoms with E-state index in [9.17, 15) is 9.90 Å². The summed E-state index contributed by atoms with van der Waals surface area (Å²) in [5, 5.41) is 14.0. The maximum absolute atomic E-state index is 12.4. The van der Waals surface area contributed by atoms with Crippen LogP contribution >= 0.6 is 46.4 Å². The van der Waals surface area contributed by atoms with Crippen LogP contribution in [0.25, 0.3) is 0 Å². The third-order valence-corrected chi connectivity index (χ3v) is 4.74. The zero-order valence-electron chi connectivity index (χ0n) is 14.1. The number of phenols is 1. The van der Waals surface area contributed by atoms with Crippen molar-refractivity contribution in [3.63, 3.8) is 0 Å². The second-order valence-corrected chi connectivity index (χ2v) is 7.40. The number of rotatable bonds is 4. The number of aromatic hydroxyl groups is 1. The van der Waals surface area contributed by atoms with Crippen molar-refractivity contribution >= 4 is 69.9 Å². The fourth-order valence-corrected chi connectivity index (χ4v) is 3.37. The molecule has 0 unspecified atom stereocenters. The molecule has 3 aromatic carbocycles. The average molecular weight is 454 g/mol. The summed E-state index contributed by atoms with van der Waals surface area (Å²) in [4.78, 5) is 16.7. The van der Waals surface area contributed by atoms with Crippen molar-refractivity contribution < 1.29 is 9.90 Å². The van der Waals surface area contributed by atoms with Gasteiger partial charge in [-0.05, 0) is 48.5 Å². The van der Waals surface area contributed by atoms with Gasteiger partial charge in [-0.3, -0.25) is 9.79 Å². The normalized spacial score (nSPS) is 11.0. The lowest BCUT2D eigenvalue weighted by atomic mass is 10.2. The van der Waals surface area contributed by atoms with Gasteiger partial charge in [0.25, 0.3) is 5.91 Å². The molecule has 0 bridgehead atoms. The standard InChI is InChI=1S/C20H12Cl4N2O2/c21-12-4-5-16(17(23)7-12)20(28)26-15-3-1-2-14(9-15)25-10-11-6-13(22)8-18(24)19(11)27/h1-10,27H,(H,26,28)/b25-10+. The van der Waals surface area contributed by atoms with E-state index in [1.165, 1.54) is 18.3 Å². The number of phenolic OH excluding ortho intramolecular Hbond substituents is 1. The lowest BCUT2D eigenvalue weighted by molar-refractivity contribution is 0.102. The first-order chi connectivity index (χ1) is 13.3. The van der Waals surface area contributed by atoms with E-state index in [2.05, 4.69) is 10.3 Å². The van der Waals surface area contributed by atoms with Crippen molar-refractivity contribution in [2.24, 2.45) is 4.99 Å². The Bertz CT molecular complexity index is 1080. The van der Waals surface area contributed by atoms with Gasteiger partial charge in [-0.1, -0.05) is 52.5 Å². The van der Waals surface area contributed by atoms with E-state index in [0.717, 1.165) is 0 Å². The molecule has 2 N–H and O–H groups in total.